The molecule has 1 aromatic carbocycles. The van der Waals surface area contributed by atoms with E-state index in [2.05, 4.69) is 31.4 Å². The Morgan fingerprint density at radius 3 is 2.55 bits per heavy atom. The van der Waals surface area contributed by atoms with Gasteiger partial charge in [0.2, 0.25) is 5.91 Å². The Labute approximate surface area is 121 Å². The Morgan fingerprint density at radius 1 is 1.30 bits per heavy atom. The molecule has 4 heteroatoms. The zero-order valence-corrected chi connectivity index (χ0v) is 12.8. The van der Waals surface area contributed by atoms with Crippen LogP contribution in [0.1, 0.15) is 47.0 Å². The van der Waals surface area contributed by atoms with Gasteiger partial charge in [0.25, 0.3) is 0 Å². The van der Waals surface area contributed by atoms with Crippen molar-refractivity contribution in [3.05, 3.63) is 24.0 Å². The summed E-state index contributed by atoms with van der Waals surface area (Å²) in [5, 5.41) is 5.92. The molecule has 1 amide bonds. The second-order valence-corrected chi connectivity index (χ2v) is 5.37. The molecule has 0 heterocycles. The predicted molar refractivity (Wildman–Crippen MR) is 82.5 cm³/mol. The molecule has 2 N–H and O–H groups in total. The number of nitrogens with one attached hydrogen (secondary N) is 2. The van der Waals surface area contributed by atoms with E-state index < -0.39 is 0 Å². The van der Waals surface area contributed by atoms with E-state index in [1.807, 2.05) is 0 Å². The van der Waals surface area contributed by atoms with Crippen molar-refractivity contribution in [1.29, 1.82) is 0 Å². The number of halogens is 1. The molecule has 20 heavy (non-hydrogen) atoms. The first kappa shape index (κ1) is 16.5. The fourth-order valence-electron chi connectivity index (χ4n) is 2.12. The first-order valence-electron chi connectivity index (χ1n) is 7.29. The summed E-state index contributed by atoms with van der Waals surface area (Å²) in [6.07, 6.45) is 3.07. The van der Waals surface area contributed by atoms with Gasteiger partial charge in [-0.3, -0.25) is 4.79 Å². The van der Waals surface area contributed by atoms with Gasteiger partial charge in [0, 0.05) is 18.7 Å². The van der Waals surface area contributed by atoms with Crippen molar-refractivity contribution in [3.63, 3.8) is 0 Å². The van der Waals surface area contributed by atoms with Crippen LogP contribution in [-0.4, -0.2) is 11.9 Å². The van der Waals surface area contributed by atoms with Crippen LogP contribution in [0.25, 0.3) is 0 Å². The second kappa shape index (κ2) is 7.88. The number of hydrogen-bond donors (Lipinski definition) is 2. The van der Waals surface area contributed by atoms with Gasteiger partial charge in [0.1, 0.15) is 5.82 Å². The van der Waals surface area contributed by atoms with Gasteiger partial charge < -0.3 is 10.6 Å². The zero-order valence-electron chi connectivity index (χ0n) is 12.8. The molecule has 0 aliphatic rings. The standard InChI is InChI=1S/C16H25FN2O/c1-5-11(3)9-13(6-2)19-16-10-14(18-12(4)20)7-8-15(16)17/h7-8,10-11,13,19H,5-6,9H2,1-4H3,(H,18,20). The van der Waals surface area contributed by atoms with E-state index in [4.69, 9.17) is 0 Å². The average molecular weight is 280 g/mol. The Morgan fingerprint density at radius 2 is 2.00 bits per heavy atom. The minimum atomic E-state index is -0.290. The van der Waals surface area contributed by atoms with Crippen LogP contribution in [0.4, 0.5) is 15.8 Å². The molecule has 2 unspecified atom stereocenters. The predicted octanol–water partition coefficient (Wildman–Crippen LogP) is 4.41. The number of carbonyl (C=O) groups is 1. The van der Waals surface area contributed by atoms with Crippen molar-refractivity contribution in [1.82, 2.24) is 0 Å². The lowest BCUT2D eigenvalue weighted by atomic mass is 9.97. The van der Waals surface area contributed by atoms with Crippen molar-refractivity contribution in [2.24, 2.45) is 5.92 Å². The highest BCUT2D eigenvalue weighted by Crippen LogP contribution is 2.23. The van der Waals surface area contributed by atoms with E-state index in [9.17, 15) is 9.18 Å². The van der Waals surface area contributed by atoms with Crippen molar-refractivity contribution in [3.8, 4) is 0 Å². The minimum absolute atomic E-state index is 0.158. The van der Waals surface area contributed by atoms with Gasteiger partial charge in [0.05, 0.1) is 5.69 Å². The molecule has 0 fully saturated rings. The average Bonchev–Trinajstić information content (AvgIpc) is 2.40. The summed E-state index contributed by atoms with van der Waals surface area (Å²) in [6.45, 7) is 7.90. The number of carbonyl (C=O) groups excluding carboxylic acids is 1. The second-order valence-electron chi connectivity index (χ2n) is 5.37. The molecule has 0 aromatic heterocycles. The van der Waals surface area contributed by atoms with Gasteiger partial charge in [-0.05, 0) is 37.0 Å². The van der Waals surface area contributed by atoms with Crippen LogP contribution in [0.3, 0.4) is 0 Å². The molecule has 0 aliphatic carbocycles. The van der Waals surface area contributed by atoms with Crippen LogP contribution in [0.5, 0.6) is 0 Å². The topological polar surface area (TPSA) is 41.1 Å². The third-order valence-electron chi connectivity index (χ3n) is 3.52. The molecule has 3 nitrogen and oxygen atoms in total. The summed E-state index contributed by atoms with van der Waals surface area (Å²) in [6, 6.07) is 4.84. The van der Waals surface area contributed by atoms with Crippen LogP contribution in [0.15, 0.2) is 18.2 Å². The zero-order chi connectivity index (χ0) is 15.1. The molecule has 0 spiro atoms. The van der Waals surface area contributed by atoms with Crippen LogP contribution < -0.4 is 10.6 Å². The SMILES string of the molecule is CCC(C)CC(CC)Nc1cc(NC(C)=O)ccc1F. The van der Waals surface area contributed by atoms with E-state index in [0.717, 1.165) is 19.3 Å². The molecular weight excluding hydrogens is 255 g/mol. The van der Waals surface area contributed by atoms with E-state index in [1.54, 1.807) is 12.1 Å². The lowest BCUT2D eigenvalue weighted by molar-refractivity contribution is -0.114. The Hall–Kier alpha value is -1.58. The quantitative estimate of drug-likeness (QED) is 0.776. The van der Waals surface area contributed by atoms with Gasteiger partial charge in [-0.1, -0.05) is 27.2 Å². The monoisotopic (exact) mass is 280 g/mol. The molecule has 112 valence electrons. The molecule has 1 aromatic rings. The van der Waals surface area contributed by atoms with E-state index in [1.165, 1.54) is 13.0 Å². The third kappa shape index (κ3) is 5.19. The van der Waals surface area contributed by atoms with Crippen LogP contribution in [-0.2, 0) is 4.79 Å². The Bertz CT molecular complexity index is 448. The number of benzene rings is 1. The summed E-state index contributed by atoms with van der Waals surface area (Å²) in [7, 11) is 0. The molecule has 0 saturated heterocycles. The van der Waals surface area contributed by atoms with Crippen LogP contribution in [0, 0.1) is 11.7 Å². The largest absolute Gasteiger partial charge is 0.380 e. The normalized spacial score (nSPS) is 13.7. The third-order valence-corrected chi connectivity index (χ3v) is 3.52. The molecule has 2 atom stereocenters. The van der Waals surface area contributed by atoms with Crippen molar-refractivity contribution in [2.75, 3.05) is 10.6 Å². The molecule has 0 bridgehead atoms. The highest BCUT2D eigenvalue weighted by Gasteiger charge is 2.13. The number of amides is 1. The van der Waals surface area contributed by atoms with E-state index >= 15 is 0 Å². The van der Waals surface area contributed by atoms with Crippen LogP contribution in [0.2, 0.25) is 0 Å². The maximum atomic E-state index is 13.8. The minimum Gasteiger partial charge on any atom is -0.380 e. The molecule has 0 aliphatic heterocycles. The van der Waals surface area contributed by atoms with E-state index in [-0.39, 0.29) is 17.8 Å². The maximum Gasteiger partial charge on any atom is 0.221 e. The Kier molecular flexibility index (Phi) is 6.49. The number of rotatable bonds is 7. The number of anilines is 2. The first-order chi connectivity index (χ1) is 9.46. The van der Waals surface area contributed by atoms with Gasteiger partial charge in [0.15, 0.2) is 0 Å². The summed E-state index contributed by atoms with van der Waals surface area (Å²) >= 11 is 0. The number of hydrogen-bond acceptors (Lipinski definition) is 2. The van der Waals surface area contributed by atoms with Crippen LogP contribution >= 0.6 is 0 Å². The fraction of sp³-hybridized carbons (Fsp3) is 0.562. The van der Waals surface area contributed by atoms with E-state index in [0.29, 0.717) is 17.3 Å². The summed E-state index contributed by atoms with van der Waals surface area (Å²) in [5.41, 5.74) is 1.06. The fourth-order valence-corrected chi connectivity index (χ4v) is 2.12. The molecular formula is C16H25FN2O. The molecule has 1 rings (SSSR count). The molecule has 0 saturated carbocycles. The molecule has 0 radical (unpaired) electrons. The summed E-state index contributed by atoms with van der Waals surface area (Å²) < 4.78 is 13.8. The summed E-state index contributed by atoms with van der Waals surface area (Å²) in [4.78, 5) is 11.0. The first-order valence-corrected chi connectivity index (χ1v) is 7.29. The van der Waals surface area contributed by atoms with Crippen molar-refractivity contribution < 1.29 is 9.18 Å². The van der Waals surface area contributed by atoms with Gasteiger partial charge >= 0.3 is 0 Å². The Balaban J connectivity index is 2.80. The lowest BCUT2D eigenvalue weighted by Crippen LogP contribution is -2.22. The van der Waals surface area contributed by atoms with Gasteiger partial charge in [-0.15, -0.1) is 0 Å². The highest BCUT2D eigenvalue weighted by atomic mass is 19.1. The van der Waals surface area contributed by atoms with Crippen molar-refractivity contribution >= 4 is 17.3 Å². The lowest BCUT2D eigenvalue weighted by Gasteiger charge is -2.22. The smallest absolute Gasteiger partial charge is 0.221 e. The maximum absolute atomic E-state index is 13.8. The van der Waals surface area contributed by atoms with Crippen molar-refractivity contribution in [2.45, 2.75) is 53.0 Å². The summed E-state index contributed by atoms with van der Waals surface area (Å²) in [5.74, 6) is 0.157. The highest BCUT2D eigenvalue weighted by molar-refractivity contribution is 5.89. The van der Waals surface area contributed by atoms with Gasteiger partial charge in [-0.25, -0.2) is 4.39 Å². The van der Waals surface area contributed by atoms with Gasteiger partial charge in [-0.2, -0.15) is 0 Å².